The first-order valence-electron chi connectivity index (χ1n) is 7.78. The normalized spacial score (nSPS) is 11.2. The van der Waals surface area contributed by atoms with Crippen LogP contribution in [0.3, 0.4) is 0 Å². The fourth-order valence-electron chi connectivity index (χ4n) is 2.25. The number of amides is 1. The summed E-state index contributed by atoms with van der Waals surface area (Å²) in [6.07, 6.45) is 4.13. The molecule has 0 spiro atoms. The van der Waals surface area contributed by atoms with Crippen LogP contribution in [0, 0.1) is 0 Å². The lowest BCUT2D eigenvalue weighted by Crippen LogP contribution is -2.24. The van der Waals surface area contributed by atoms with Gasteiger partial charge in [-0.25, -0.2) is 8.42 Å². The summed E-state index contributed by atoms with van der Waals surface area (Å²) in [4.78, 5) is 13.0. The number of rotatable bonds is 9. The molecule has 7 heteroatoms. The Hall–Kier alpha value is -1.86. The third kappa shape index (κ3) is 7.14. The molecular weight excluding hydrogens is 344 g/mol. The summed E-state index contributed by atoms with van der Waals surface area (Å²) in [5.41, 5.74) is 1.67. The maximum absolute atomic E-state index is 11.8. The molecule has 0 aliphatic heterocycles. The van der Waals surface area contributed by atoms with Gasteiger partial charge in [-0.15, -0.1) is 11.3 Å². The van der Waals surface area contributed by atoms with Crippen molar-refractivity contribution in [3.63, 3.8) is 0 Å². The number of anilines is 1. The van der Waals surface area contributed by atoms with Crippen LogP contribution in [0.2, 0.25) is 0 Å². The average molecular weight is 367 g/mol. The number of hydrogen-bond acceptors (Lipinski definition) is 4. The highest BCUT2D eigenvalue weighted by Gasteiger charge is 2.03. The zero-order valence-electron chi connectivity index (χ0n) is 13.6. The largest absolute Gasteiger partial charge is 0.356 e. The highest BCUT2D eigenvalue weighted by atomic mass is 32.2. The second kappa shape index (κ2) is 8.84. The van der Waals surface area contributed by atoms with E-state index in [1.54, 1.807) is 23.5 Å². The summed E-state index contributed by atoms with van der Waals surface area (Å²) >= 11 is 1.67. The molecule has 24 heavy (non-hydrogen) atoms. The molecule has 0 atom stereocenters. The van der Waals surface area contributed by atoms with Gasteiger partial charge in [0.25, 0.3) is 0 Å². The van der Waals surface area contributed by atoms with Crippen LogP contribution in [0.4, 0.5) is 5.69 Å². The van der Waals surface area contributed by atoms with Gasteiger partial charge in [0.2, 0.25) is 15.9 Å². The number of thiophene rings is 1. The number of sulfonamides is 1. The Morgan fingerprint density at radius 1 is 1.12 bits per heavy atom. The molecule has 0 unspecified atom stereocenters. The van der Waals surface area contributed by atoms with Crippen molar-refractivity contribution in [2.75, 3.05) is 17.5 Å². The van der Waals surface area contributed by atoms with Crippen molar-refractivity contribution < 1.29 is 13.2 Å². The molecule has 2 aromatic rings. The van der Waals surface area contributed by atoms with E-state index in [0.29, 0.717) is 18.7 Å². The lowest BCUT2D eigenvalue weighted by molar-refractivity contribution is -0.121. The van der Waals surface area contributed by atoms with Crippen molar-refractivity contribution in [2.45, 2.75) is 25.7 Å². The molecule has 130 valence electrons. The number of nitrogens with one attached hydrogen (secondary N) is 2. The molecule has 0 bridgehead atoms. The van der Waals surface area contributed by atoms with Gasteiger partial charge in [-0.1, -0.05) is 18.2 Å². The molecule has 1 aromatic carbocycles. The highest BCUT2D eigenvalue weighted by molar-refractivity contribution is 7.92. The summed E-state index contributed by atoms with van der Waals surface area (Å²) in [6.45, 7) is 0.645. The first kappa shape index (κ1) is 18.5. The average Bonchev–Trinajstić information content (AvgIpc) is 3.03. The second-order valence-corrected chi connectivity index (χ2v) is 8.38. The summed E-state index contributed by atoms with van der Waals surface area (Å²) in [5.74, 6) is 0.0797. The SMILES string of the molecule is CS(=O)(=O)Nc1ccc(CCCNC(=O)CCc2cccs2)cc1. The Morgan fingerprint density at radius 2 is 1.88 bits per heavy atom. The fourth-order valence-corrected chi connectivity index (χ4v) is 3.53. The quantitative estimate of drug-likeness (QED) is 0.670. The van der Waals surface area contributed by atoms with E-state index in [-0.39, 0.29) is 5.91 Å². The number of carbonyl (C=O) groups excluding carboxylic acids is 1. The van der Waals surface area contributed by atoms with Gasteiger partial charge in [-0.05, 0) is 48.4 Å². The van der Waals surface area contributed by atoms with Crippen molar-refractivity contribution >= 4 is 33.0 Å². The number of aryl methyl sites for hydroxylation is 2. The lowest BCUT2D eigenvalue weighted by Gasteiger charge is -2.07. The Labute approximate surface area is 147 Å². The summed E-state index contributed by atoms with van der Waals surface area (Å²) in [6, 6.07) is 11.3. The van der Waals surface area contributed by atoms with Crippen LogP contribution in [0.15, 0.2) is 41.8 Å². The molecular formula is C17H22N2O3S2. The topological polar surface area (TPSA) is 75.3 Å². The molecule has 0 saturated carbocycles. The molecule has 2 rings (SSSR count). The van der Waals surface area contributed by atoms with E-state index < -0.39 is 10.0 Å². The van der Waals surface area contributed by atoms with Gasteiger partial charge in [0.05, 0.1) is 6.26 Å². The third-order valence-corrected chi connectivity index (χ3v) is 4.94. The highest BCUT2D eigenvalue weighted by Crippen LogP contribution is 2.12. The minimum atomic E-state index is -3.24. The van der Waals surface area contributed by atoms with E-state index in [2.05, 4.69) is 10.0 Å². The number of hydrogen-bond donors (Lipinski definition) is 2. The zero-order valence-corrected chi connectivity index (χ0v) is 15.3. The van der Waals surface area contributed by atoms with Crippen molar-refractivity contribution in [3.8, 4) is 0 Å². The standard InChI is InChI=1S/C17H22N2O3S2/c1-24(21,22)19-15-8-6-14(7-9-15)4-2-12-18-17(20)11-10-16-5-3-13-23-16/h3,5-9,13,19H,2,4,10-12H2,1H3,(H,18,20). The van der Waals surface area contributed by atoms with Crippen LogP contribution in [-0.2, 0) is 27.7 Å². The predicted molar refractivity (Wildman–Crippen MR) is 98.9 cm³/mol. The molecule has 0 radical (unpaired) electrons. The van der Waals surface area contributed by atoms with Gasteiger partial charge < -0.3 is 5.32 Å². The van der Waals surface area contributed by atoms with E-state index in [9.17, 15) is 13.2 Å². The smallest absolute Gasteiger partial charge is 0.229 e. The van der Waals surface area contributed by atoms with Crippen LogP contribution < -0.4 is 10.0 Å². The van der Waals surface area contributed by atoms with Gasteiger partial charge in [-0.2, -0.15) is 0 Å². The van der Waals surface area contributed by atoms with Crippen molar-refractivity contribution in [2.24, 2.45) is 0 Å². The van der Waals surface area contributed by atoms with Crippen molar-refractivity contribution in [3.05, 3.63) is 52.2 Å². The molecule has 1 aromatic heterocycles. The van der Waals surface area contributed by atoms with Gasteiger partial charge in [0, 0.05) is 23.5 Å². The Kier molecular flexibility index (Phi) is 6.81. The summed E-state index contributed by atoms with van der Waals surface area (Å²) in [7, 11) is -3.24. The maximum atomic E-state index is 11.8. The third-order valence-electron chi connectivity index (χ3n) is 3.40. The van der Waals surface area contributed by atoms with Gasteiger partial charge >= 0.3 is 0 Å². The van der Waals surface area contributed by atoms with Crippen molar-refractivity contribution in [1.82, 2.24) is 5.32 Å². The Balaban J connectivity index is 1.64. The molecule has 5 nitrogen and oxygen atoms in total. The predicted octanol–water partition coefficient (Wildman–Crippen LogP) is 2.80. The number of carbonyl (C=O) groups is 1. The van der Waals surface area contributed by atoms with Gasteiger partial charge in [-0.3, -0.25) is 9.52 Å². The van der Waals surface area contributed by atoms with Crippen LogP contribution in [0.1, 0.15) is 23.3 Å². The van der Waals surface area contributed by atoms with Gasteiger partial charge in [0.1, 0.15) is 0 Å². The molecule has 2 N–H and O–H groups in total. The molecule has 0 saturated heterocycles. The summed E-state index contributed by atoms with van der Waals surface area (Å²) < 4.78 is 24.7. The fraction of sp³-hybridized carbons (Fsp3) is 0.353. The Morgan fingerprint density at radius 3 is 2.50 bits per heavy atom. The molecule has 1 amide bonds. The molecule has 0 aliphatic carbocycles. The number of benzene rings is 1. The van der Waals surface area contributed by atoms with E-state index in [1.807, 2.05) is 29.6 Å². The minimum absolute atomic E-state index is 0.0797. The van der Waals surface area contributed by atoms with Crippen LogP contribution in [-0.4, -0.2) is 27.1 Å². The van der Waals surface area contributed by atoms with Crippen LogP contribution in [0.25, 0.3) is 0 Å². The molecule has 0 aliphatic rings. The van der Waals surface area contributed by atoms with E-state index in [4.69, 9.17) is 0 Å². The van der Waals surface area contributed by atoms with E-state index >= 15 is 0 Å². The van der Waals surface area contributed by atoms with Crippen LogP contribution >= 0.6 is 11.3 Å². The zero-order chi connectivity index (χ0) is 17.4. The molecule has 1 heterocycles. The second-order valence-electron chi connectivity index (χ2n) is 5.60. The maximum Gasteiger partial charge on any atom is 0.229 e. The first-order chi connectivity index (χ1) is 11.4. The summed E-state index contributed by atoms with van der Waals surface area (Å²) in [5, 5.41) is 4.95. The van der Waals surface area contributed by atoms with Crippen molar-refractivity contribution in [1.29, 1.82) is 0 Å². The monoisotopic (exact) mass is 366 g/mol. The van der Waals surface area contributed by atoms with E-state index in [0.717, 1.165) is 31.1 Å². The minimum Gasteiger partial charge on any atom is -0.356 e. The van der Waals surface area contributed by atoms with E-state index in [1.165, 1.54) is 4.88 Å². The van der Waals surface area contributed by atoms with Crippen LogP contribution in [0.5, 0.6) is 0 Å². The lowest BCUT2D eigenvalue weighted by atomic mass is 10.1. The van der Waals surface area contributed by atoms with Gasteiger partial charge in [0.15, 0.2) is 0 Å². The Bertz CT molecular complexity index is 739. The first-order valence-corrected chi connectivity index (χ1v) is 10.6. The molecule has 0 fully saturated rings.